The summed E-state index contributed by atoms with van der Waals surface area (Å²) in [5.41, 5.74) is 5.68. The van der Waals surface area contributed by atoms with Crippen molar-refractivity contribution < 1.29 is 23.1 Å². The molecule has 1 N–H and O–H groups in total. The number of benzene rings is 1. The molecule has 7 nitrogen and oxygen atoms in total. The molecule has 1 fully saturated rings. The zero-order valence-corrected chi connectivity index (χ0v) is 21.4. The molecule has 11 heteroatoms. The predicted octanol–water partition coefficient (Wildman–Crippen LogP) is 4.92. The van der Waals surface area contributed by atoms with Gasteiger partial charge in [-0.1, -0.05) is 17.7 Å². The van der Waals surface area contributed by atoms with Gasteiger partial charge in [-0.25, -0.2) is 9.78 Å². The third-order valence-electron chi connectivity index (χ3n) is 5.67. The number of pyridine rings is 2. The summed E-state index contributed by atoms with van der Waals surface area (Å²) in [6.07, 6.45) is -3.09. The Morgan fingerprint density at radius 2 is 1.69 bits per heavy atom. The SMILES string of the molecule is Cc1cc(N2CCN(c3ccc(CN(C)C)cn3)CC2)c2cc(Cl)cc(C)c2n1.O=C(O)C(F)(F)F. The lowest BCUT2D eigenvalue weighted by Gasteiger charge is -2.37. The minimum absolute atomic E-state index is 0.766. The number of nitrogens with zero attached hydrogens (tertiary/aromatic N) is 5. The van der Waals surface area contributed by atoms with Gasteiger partial charge in [0.25, 0.3) is 0 Å². The van der Waals surface area contributed by atoms with Gasteiger partial charge in [-0.2, -0.15) is 13.2 Å². The molecular formula is C25H29ClF3N5O2. The summed E-state index contributed by atoms with van der Waals surface area (Å²) in [6, 6.07) is 10.5. The highest BCUT2D eigenvalue weighted by atomic mass is 35.5. The molecular weight excluding hydrogens is 495 g/mol. The molecule has 194 valence electrons. The van der Waals surface area contributed by atoms with Crippen molar-refractivity contribution in [1.82, 2.24) is 14.9 Å². The molecule has 0 saturated carbocycles. The Labute approximate surface area is 213 Å². The lowest BCUT2D eigenvalue weighted by molar-refractivity contribution is -0.192. The molecule has 3 heterocycles. The van der Waals surface area contributed by atoms with Crippen LogP contribution in [-0.4, -0.2) is 72.4 Å². The number of hydrogen-bond acceptors (Lipinski definition) is 6. The van der Waals surface area contributed by atoms with E-state index in [-0.39, 0.29) is 0 Å². The Bertz CT molecular complexity index is 1210. The summed E-state index contributed by atoms with van der Waals surface area (Å²) >= 11 is 6.36. The van der Waals surface area contributed by atoms with Crippen molar-refractivity contribution in [2.24, 2.45) is 0 Å². The largest absolute Gasteiger partial charge is 0.490 e. The van der Waals surface area contributed by atoms with Crippen molar-refractivity contribution in [2.75, 3.05) is 50.1 Å². The van der Waals surface area contributed by atoms with E-state index in [2.05, 4.69) is 60.8 Å². The third kappa shape index (κ3) is 6.98. The molecule has 36 heavy (non-hydrogen) atoms. The number of aryl methyl sites for hydroxylation is 2. The fourth-order valence-electron chi connectivity index (χ4n) is 4.06. The first kappa shape index (κ1) is 27.5. The number of piperazine rings is 1. The molecule has 0 amide bonds. The van der Waals surface area contributed by atoms with Gasteiger partial charge in [-0.05, 0) is 63.3 Å². The van der Waals surface area contributed by atoms with E-state index in [0.717, 1.165) is 65.7 Å². The molecule has 0 unspecified atom stereocenters. The van der Waals surface area contributed by atoms with Crippen molar-refractivity contribution in [2.45, 2.75) is 26.6 Å². The molecule has 0 spiro atoms. The third-order valence-corrected chi connectivity index (χ3v) is 5.89. The number of alkyl halides is 3. The highest BCUT2D eigenvalue weighted by Crippen LogP contribution is 2.32. The molecule has 1 aliphatic rings. The van der Waals surface area contributed by atoms with E-state index in [1.54, 1.807) is 0 Å². The molecule has 0 atom stereocenters. The van der Waals surface area contributed by atoms with Crippen LogP contribution in [-0.2, 0) is 11.3 Å². The summed E-state index contributed by atoms with van der Waals surface area (Å²) in [5, 5.41) is 9.03. The van der Waals surface area contributed by atoms with E-state index in [4.69, 9.17) is 31.5 Å². The zero-order valence-electron chi connectivity index (χ0n) is 20.6. The van der Waals surface area contributed by atoms with Crippen LogP contribution in [0.25, 0.3) is 10.9 Å². The van der Waals surface area contributed by atoms with Gasteiger partial charge in [-0.3, -0.25) is 4.98 Å². The molecule has 1 aromatic carbocycles. The number of carbonyl (C=O) groups is 1. The van der Waals surface area contributed by atoms with Gasteiger partial charge in [0, 0.05) is 60.7 Å². The lowest BCUT2D eigenvalue weighted by atomic mass is 10.1. The van der Waals surface area contributed by atoms with Crippen LogP contribution in [0.15, 0.2) is 36.5 Å². The number of rotatable bonds is 4. The van der Waals surface area contributed by atoms with Crippen LogP contribution in [0.4, 0.5) is 24.7 Å². The average Bonchev–Trinajstić information content (AvgIpc) is 2.79. The minimum atomic E-state index is -5.08. The summed E-state index contributed by atoms with van der Waals surface area (Å²) in [7, 11) is 4.15. The Hall–Kier alpha value is -3.11. The highest BCUT2D eigenvalue weighted by molar-refractivity contribution is 6.31. The van der Waals surface area contributed by atoms with E-state index >= 15 is 0 Å². The Morgan fingerprint density at radius 1 is 1.08 bits per heavy atom. The topological polar surface area (TPSA) is 72.8 Å². The van der Waals surface area contributed by atoms with Gasteiger partial charge in [0.15, 0.2) is 0 Å². The van der Waals surface area contributed by atoms with Gasteiger partial charge in [0.1, 0.15) is 5.82 Å². The van der Waals surface area contributed by atoms with Gasteiger partial charge in [-0.15, -0.1) is 0 Å². The zero-order chi connectivity index (χ0) is 26.6. The van der Waals surface area contributed by atoms with Crippen LogP contribution in [0.1, 0.15) is 16.8 Å². The van der Waals surface area contributed by atoms with Crippen molar-refractivity contribution in [3.63, 3.8) is 0 Å². The average molecular weight is 524 g/mol. The van der Waals surface area contributed by atoms with Crippen molar-refractivity contribution in [3.8, 4) is 0 Å². The Kier molecular flexibility index (Phi) is 8.63. The summed E-state index contributed by atoms with van der Waals surface area (Å²) in [6.45, 7) is 8.85. The maximum Gasteiger partial charge on any atom is 0.490 e. The van der Waals surface area contributed by atoms with Crippen LogP contribution in [0.3, 0.4) is 0 Å². The quantitative estimate of drug-likeness (QED) is 0.520. The van der Waals surface area contributed by atoms with Crippen LogP contribution >= 0.6 is 11.6 Å². The Balaban J connectivity index is 0.000000454. The number of aliphatic carboxylic acids is 1. The van der Waals surface area contributed by atoms with Gasteiger partial charge >= 0.3 is 12.1 Å². The van der Waals surface area contributed by atoms with E-state index in [1.165, 1.54) is 11.3 Å². The number of fused-ring (bicyclic) bond motifs is 1. The van der Waals surface area contributed by atoms with E-state index in [1.807, 2.05) is 18.3 Å². The maximum atomic E-state index is 10.6. The number of halogens is 4. The molecule has 1 saturated heterocycles. The monoisotopic (exact) mass is 523 g/mol. The fraction of sp³-hybridized carbons (Fsp3) is 0.400. The van der Waals surface area contributed by atoms with Crippen molar-refractivity contribution in [1.29, 1.82) is 0 Å². The number of aromatic nitrogens is 2. The van der Waals surface area contributed by atoms with Crippen molar-refractivity contribution in [3.05, 3.63) is 58.4 Å². The summed E-state index contributed by atoms with van der Waals surface area (Å²) in [5.74, 6) is -1.70. The molecule has 0 bridgehead atoms. The van der Waals surface area contributed by atoms with Crippen molar-refractivity contribution >= 4 is 40.0 Å². The maximum absolute atomic E-state index is 10.6. The number of anilines is 2. The molecule has 1 aliphatic heterocycles. The molecule has 3 aromatic rings. The molecule has 0 radical (unpaired) electrons. The second-order valence-electron chi connectivity index (χ2n) is 8.94. The fourth-order valence-corrected chi connectivity index (χ4v) is 4.34. The second-order valence-corrected chi connectivity index (χ2v) is 9.38. The normalized spacial score (nSPS) is 14.1. The molecule has 4 rings (SSSR count). The number of carboxylic acid groups (broad SMARTS) is 1. The Morgan fingerprint density at radius 3 is 2.22 bits per heavy atom. The predicted molar refractivity (Wildman–Crippen MR) is 136 cm³/mol. The number of hydrogen-bond donors (Lipinski definition) is 1. The van der Waals surface area contributed by atoms with E-state index in [9.17, 15) is 13.2 Å². The minimum Gasteiger partial charge on any atom is -0.475 e. The van der Waals surface area contributed by atoms with Gasteiger partial charge in [0.05, 0.1) is 5.52 Å². The highest BCUT2D eigenvalue weighted by Gasteiger charge is 2.38. The van der Waals surface area contributed by atoms with Crippen LogP contribution in [0.2, 0.25) is 5.02 Å². The van der Waals surface area contributed by atoms with Crippen LogP contribution in [0, 0.1) is 13.8 Å². The molecule has 2 aromatic heterocycles. The molecule has 0 aliphatic carbocycles. The summed E-state index contributed by atoms with van der Waals surface area (Å²) < 4.78 is 31.7. The van der Waals surface area contributed by atoms with Crippen LogP contribution < -0.4 is 9.80 Å². The van der Waals surface area contributed by atoms with E-state index < -0.39 is 12.1 Å². The lowest BCUT2D eigenvalue weighted by Crippen LogP contribution is -2.47. The first-order chi connectivity index (χ1) is 16.8. The van der Waals surface area contributed by atoms with Crippen LogP contribution in [0.5, 0.6) is 0 Å². The smallest absolute Gasteiger partial charge is 0.475 e. The van der Waals surface area contributed by atoms with E-state index in [0.29, 0.717) is 0 Å². The first-order valence-electron chi connectivity index (χ1n) is 11.3. The number of carboxylic acids is 1. The first-order valence-corrected chi connectivity index (χ1v) is 11.7. The standard InChI is InChI=1S/C23H28ClN5.C2HF3O2/c1-16-11-19(24)13-20-21(12-17(2)26-23(16)20)28-7-9-29(10-8-28)22-6-5-18(14-25-22)15-27(3)4;3-2(4,5)1(6)7/h5-6,11-14H,7-10,15H2,1-4H3;(H,6,7). The van der Waals surface area contributed by atoms with Gasteiger partial charge in [0.2, 0.25) is 0 Å². The second kappa shape index (κ2) is 11.3. The summed E-state index contributed by atoms with van der Waals surface area (Å²) in [4.78, 5) is 25.3. The van der Waals surface area contributed by atoms with Gasteiger partial charge < -0.3 is 19.8 Å².